The third kappa shape index (κ3) is 2.85. The zero-order valence-electron chi connectivity index (χ0n) is 13.8. The van der Waals surface area contributed by atoms with Gasteiger partial charge < -0.3 is 4.98 Å². The van der Waals surface area contributed by atoms with Gasteiger partial charge in [0.25, 0.3) is 0 Å². The summed E-state index contributed by atoms with van der Waals surface area (Å²) in [5.41, 5.74) is 4.36. The SMILES string of the molecule is Cc1ccc2[nH]c(CN3CCC[C@@H]3c3cccnc3)cc(=O)c2c1. The molecule has 1 aromatic carbocycles. The quantitative estimate of drug-likeness (QED) is 0.803. The maximum absolute atomic E-state index is 12.4. The standard InChI is InChI=1S/C20H21N3O/c1-14-6-7-18-17(10-14)20(24)11-16(22-18)13-23-9-3-5-19(23)15-4-2-8-21-12-15/h2,4,6-8,10-12,19H,3,5,9,13H2,1H3,(H,22,24)/t19-/m1/s1. The van der Waals surface area contributed by atoms with Crippen LogP contribution in [0.1, 0.15) is 35.7 Å². The Hall–Kier alpha value is -2.46. The molecular formula is C20H21N3O. The van der Waals surface area contributed by atoms with Gasteiger partial charge in [-0.3, -0.25) is 14.7 Å². The van der Waals surface area contributed by atoms with Gasteiger partial charge in [0.05, 0.1) is 0 Å². The van der Waals surface area contributed by atoms with Crippen molar-refractivity contribution in [1.29, 1.82) is 0 Å². The number of H-pyrrole nitrogens is 1. The van der Waals surface area contributed by atoms with Crippen LogP contribution < -0.4 is 5.43 Å². The fourth-order valence-electron chi connectivity index (χ4n) is 3.69. The zero-order chi connectivity index (χ0) is 16.5. The van der Waals surface area contributed by atoms with Gasteiger partial charge in [0.2, 0.25) is 0 Å². The van der Waals surface area contributed by atoms with Crippen LogP contribution in [0.25, 0.3) is 10.9 Å². The molecule has 3 aromatic rings. The van der Waals surface area contributed by atoms with Gasteiger partial charge in [0.15, 0.2) is 5.43 Å². The summed E-state index contributed by atoms with van der Waals surface area (Å²) in [7, 11) is 0. The van der Waals surface area contributed by atoms with Gasteiger partial charge in [-0.25, -0.2) is 0 Å². The van der Waals surface area contributed by atoms with E-state index in [1.807, 2.05) is 43.6 Å². The van der Waals surface area contributed by atoms with Crippen LogP contribution in [0.2, 0.25) is 0 Å². The Morgan fingerprint density at radius 2 is 2.21 bits per heavy atom. The van der Waals surface area contributed by atoms with Crippen molar-refractivity contribution >= 4 is 10.9 Å². The molecule has 0 saturated carbocycles. The summed E-state index contributed by atoms with van der Waals surface area (Å²) in [4.78, 5) is 22.5. The van der Waals surface area contributed by atoms with Crippen LogP contribution in [0, 0.1) is 6.92 Å². The van der Waals surface area contributed by atoms with E-state index < -0.39 is 0 Å². The molecule has 1 aliphatic heterocycles. The topological polar surface area (TPSA) is 49.0 Å². The fourth-order valence-corrected chi connectivity index (χ4v) is 3.69. The molecule has 1 saturated heterocycles. The third-order valence-electron chi connectivity index (χ3n) is 4.85. The van der Waals surface area contributed by atoms with Crippen molar-refractivity contribution in [3.8, 4) is 0 Å². The van der Waals surface area contributed by atoms with E-state index in [9.17, 15) is 4.79 Å². The Labute approximate surface area is 141 Å². The van der Waals surface area contributed by atoms with Crippen molar-refractivity contribution in [2.45, 2.75) is 32.4 Å². The number of nitrogens with zero attached hydrogens (tertiary/aromatic N) is 2. The lowest BCUT2D eigenvalue weighted by atomic mass is 10.1. The molecule has 24 heavy (non-hydrogen) atoms. The first-order valence-corrected chi connectivity index (χ1v) is 8.47. The van der Waals surface area contributed by atoms with Gasteiger partial charge in [0.1, 0.15) is 0 Å². The molecule has 0 radical (unpaired) electrons. The van der Waals surface area contributed by atoms with Crippen LogP contribution in [0.3, 0.4) is 0 Å². The number of fused-ring (bicyclic) bond motifs is 1. The molecule has 2 aromatic heterocycles. The maximum atomic E-state index is 12.4. The van der Waals surface area contributed by atoms with Gasteiger partial charge in [-0.05, 0) is 50.1 Å². The maximum Gasteiger partial charge on any atom is 0.189 e. The molecule has 1 fully saturated rings. The highest BCUT2D eigenvalue weighted by Crippen LogP contribution is 2.32. The summed E-state index contributed by atoms with van der Waals surface area (Å²) in [6, 6.07) is 12.3. The van der Waals surface area contributed by atoms with Gasteiger partial charge in [-0.1, -0.05) is 17.7 Å². The van der Waals surface area contributed by atoms with E-state index in [4.69, 9.17) is 0 Å². The van der Waals surface area contributed by atoms with Crippen molar-refractivity contribution in [2.75, 3.05) is 6.54 Å². The molecule has 4 nitrogen and oxygen atoms in total. The molecule has 1 aliphatic rings. The highest BCUT2D eigenvalue weighted by atomic mass is 16.1. The molecule has 1 N–H and O–H groups in total. The molecule has 0 spiro atoms. The Morgan fingerprint density at radius 3 is 3.04 bits per heavy atom. The largest absolute Gasteiger partial charge is 0.357 e. The van der Waals surface area contributed by atoms with Crippen LogP contribution >= 0.6 is 0 Å². The first kappa shape index (κ1) is 15.1. The normalized spacial score (nSPS) is 18.3. The summed E-state index contributed by atoms with van der Waals surface area (Å²) >= 11 is 0. The molecule has 122 valence electrons. The highest BCUT2D eigenvalue weighted by molar-refractivity contribution is 5.79. The van der Waals surface area contributed by atoms with Crippen LogP contribution in [0.4, 0.5) is 0 Å². The molecule has 3 heterocycles. The predicted molar refractivity (Wildman–Crippen MR) is 95.9 cm³/mol. The molecular weight excluding hydrogens is 298 g/mol. The number of aromatic amines is 1. The summed E-state index contributed by atoms with van der Waals surface area (Å²) in [5.74, 6) is 0. The van der Waals surface area contributed by atoms with Crippen LogP contribution in [0.5, 0.6) is 0 Å². The Bertz CT molecular complexity index is 917. The lowest BCUT2D eigenvalue weighted by Gasteiger charge is -2.24. The molecule has 0 aliphatic carbocycles. The third-order valence-corrected chi connectivity index (χ3v) is 4.85. The van der Waals surface area contributed by atoms with E-state index in [1.165, 1.54) is 12.0 Å². The average Bonchev–Trinajstić information content (AvgIpc) is 3.04. The Balaban J connectivity index is 1.64. The Kier molecular flexibility index (Phi) is 3.90. The number of aryl methyl sites for hydroxylation is 1. The molecule has 4 rings (SSSR count). The van der Waals surface area contributed by atoms with E-state index in [1.54, 1.807) is 6.07 Å². The number of hydrogen-bond acceptors (Lipinski definition) is 3. The van der Waals surface area contributed by atoms with E-state index in [0.29, 0.717) is 6.04 Å². The van der Waals surface area contributed by atoms with Gasteiger partial charge in [-0.2, -0.15) is 0 Å². The summed E-state index contributed by atoms with van der Waals surface area (Å²) in [6.07, 6.45) is 6.08. The number of likely N-dealkylation sites (tertiary alicyclic amines) is 1. The summed E-state index contributed by atoms with van der Waals surface area (Å²) < 4.78 is 0. The number of pyridine rings is 2. The van der Waals surface area contributed by atoms with Crippen molar-refractivity contribution in [1.82, 2.24) is 14.9 Å². The second-order valence-corrected chi connectivity index (χ2v) is 6.62. The Morgan fingerprint density at radius 1 is 1.29 bits per heavy atom. The average molecular weight is 319 g/mol. The molecule has 0 bridgehead atoms. The number of rotatable bonds is 3. The van der Waals surface area contributed by atoms with Crippen molar-refractivity contribution in [2.24, 2.45) is 0 Å². The molecule has 0 amide bonds. The number of hydrogen-bond donors (Lipinski definition) is 1. The van der Waals surface area contributed by atoms with Crippen LogP contribution in [-0.4, -0.2) is 21.4 Å². The monoisotopic (exact) mass is 319 g/mol. The molecule has 1 atom stereocenters. The van der Waals surface area contributed by atoms with Gasteiger partial charge in [-0.15, -0.1) is 0 Å². The summed E-state index contributed by atoms with van der Waals surface area (Å²) in [5, 5.41) is 0.768. The number of nitrogens with one attached hydrogen (secondary N) is 1. The minimum absolute atomic E-state index is 0.0968. The molecule has 0 unspecified atom stereocenters. The first-order chi connectivity index (χ1) is 11.7. The minimum Gasteiger partial charge on any atom is -0.357 e. The first-order valence-electron chi connectivity index (χ1n) is 8.47. The fraction of sp³-hybridized carbons (Fsp3) is 0.300. The van der Waals surface area contributed by atoms with Gasteiger partial charge in [0, 0.05) is 47.6 Å². The van der Waals surface area contributed by atoms with Crippen molar-refractivity contribution < 1.29 is 0 Å². The van der Waals surface area contributed by atoms with E-state index in [0.717, 1.165) is 41.7 Å². The van der Waals surface area contributed by atoms with E-state index in [2.05, 4.69) is 20.9 Å². The van der Waals surface area contributed by atoms with E-state index in [-0.39, 0.29) is 5.43 Å². The van der Waals surface area contributed by atoms with Crippen molar-refractivity contribution in [3.63, 3.8) is 0 Å². The second kappa shape index (κ2) is 6.21. The van der Waals surface area contributed by atoms with E-state index >= 15 is 0 Å². The van der Waals surface area contributed by atoms with Gasteiger partial charge >= 0.3 is 0 Å². The van der Waals surface area contributed by atoms with Crippen LogP contribution in [-0.2, 0) is 6.54 Å². The van der Waals surface area contributed by atoms with Crippen LogP contribution in [0.15, 0.2) is 53.6 Å². The number of benzene rings is 1. The smallest absolute Gasteiger partial charge is 0.189 e. The lowest BCUT2D eigenvalue weighted by Crippen LogP contribution is -2.24. The highest BCUT2D eigenvalue weighted by Gasteiger charge is 2.26. The molecule has 4 heteroatoms. The summed E-state index contributed by atoms with van der Waals surface area (Å²) in [6.45, 7) is 3.82. The minimum atomic E-state index is 0.0968. The predicted octanol–water partition coefficient (Wildman–Crippen LogP) is 3.57. The lowest BCUT2D eigenvalue weighted by molar-refractivity contribution is 0.245. The number of aromatic nitrogens is 2. The van der Waals surface area contributed by atoms with Crippen molar-refractivity contribution in [3.05, 3.63) is 75.8 Å². The second-order valence-electron chi connectivity index (χ2n) is 6.62. The zero-order valence-corrected chi connectivity index (χ0v) is 13.8.